The largest absolute Gasteiger partial charge is 0.493 e. The summed E-state index contributed by atoms with van der Waals surface area (Å²) in [4.78, 5) is 39.8. The van der Waals surface area contributed by atoms with Crippen molar-refractivity contribution in [3.63, 3.8) is 0 Å². The van der Waals surface area contributed by atoms with Gasteiger partial charge in [0.1, 0.15) is 5.82 Å². The highest BCUT2D eigenvalue weighted by atomic mass is 16.5. The van der Waals surface area contributed by atoms with E-state index in [0.717, 1.165) is 10.1 Å². The van der Waals surface area contributed by atoms with E-state index < -0.39 is 17.2 Å². The van der Waals surface area contributed by atoms with Crippen molar-refractivity contribution in [2.45, 2.75) is 5.92 Å². The highest BCUT2D eigenvalue weighted by molar-refractivity contribution is 6.23. The Labute approximate surface area is 194 Å². The van der Waals surface area contributed by atoms with Gasteiger partial charge in [-0.2, -0.15) is 0 Å². The molecular weight excluding hydrogens is 438 g/mol. The Bertz CT molecular complexity index is 1500. The molecule has 1 aliphatic carbocycles. The van der Waals surface area contributed by atoms with Gasteiger partial charge in [-0.05, 0) is 17.7 Å². The molecule has 0 radical (unpaired) electrons. The molecule has 3 aromatic rings. The zero-order chi connectivity index (χ0) is 24.3. The maximum atomic E-state index is 13.6. The topological polar surface area (TPSA) is 101 Å². The van der Waals surface area contributed by atoms with Gasteiger partial charge in [-0.15, -0.1) is 0 Å². The Balaban J connectivity index is 1.89. The smallest absolute Gasteiger partial charge is 0.332 e. The zero-order valence-corrected chi connectivity index (χ0v) is 19.4. The number of nitrogens with zero attached hydrogens (tertiary/aromatic N) is 2. The first kappa shape index (κ1) is 21.6. The number of carbonyl (C=O) groups excluding carboxylic acids is 1. The number of allylic oxidation sites excluding steroid dienone is 1. The number of hydrogen-bond donors (Lipinski definition) is 1. The molecule has 0 amide bonds. The summed E-state index contributed by atoms with van der Waals surface area (Å²) in [6, 6.07) is 10.7. The third kappa shape index (κ3) is 2.76. The van der Waals surface area contributed by atoms with Crippen LogP contribution in [0.1, 0.15) is 33.0 Å². The third-order valence-electron chi connectivity index (χ3n) is 6.50. The molecule has 5 rings (SSSR count). The first-order chi connectivity index (χ1) is 16.3. The van der Waals surface area contributed by atoms with E-state index in [1.165, 1.54) is 32.9 Å². The van der Waals surface area contributed by atoms with E-state index in [0.29, 0.717) is 51.0 Å². The SMILES string of the molecule is COc1cc([C@@H]2C3=C(Nc4c2c(=O)n(C)c(=O)n4C)c2ccccc2C3=O)cc(OC)c1OC. The number of Topliss-reactive ketones (excluding diaryl/α,β-unsaturated/α-hetero) is 1. The molecular formula is C25H23N3O6. The lowest BCUT2D eigenvalue weighted by atomic mass is 9.81. The number of hydrogen-bond acceptors (Lipinski definition) is 7. The lowest BCUT2D eigenvalue weighted by molar-refractivity contribution is 0.103. The summed E-state index contributed by atoms with van der Waals surface area (Å²) in [5.41, 5.74) is 2.20. The summed E-state index contributed by atoms with van der Waals surface area (Å²) < 4.78 is 19.0. The molecule has 9 nitrogen and oxygen atoms in total. The normalized spacial score (nSPS) is 15.9. The lowest BCUT2D eigenvalue weighted by Crippen LogP contribution is -2.42. The van der Waals surface area contributed by atoms with Gasteiger partial charge in [0, 0.05) is 36.7 Å². The Kier molecular flexibility index (Phi) is 4.85. The molecule has 0 saturated heterocycles. The molecule has 1 N–H and O–H groups in total. The molecule has 2 heterocycles. The first-order valence-corrected chi connectivity index (χ1v) is 10.6. The van der Waals surface area contributed by atoms with Crippen molar-refractivity contribution in [3.05, 3.63) is 85.1 Å². The predicted molar refractivity (Wildman–Crippen MR) is 126 cm³/mol. The minimum atomic E-state index is -0.773. The summed E-state index contributed by atoms with van der Waals surface area (Å²) in [7, 11) is 7.52. The molecule has 1 aliphatic heterocycles. The summed E-state index contributed by atoms with van der Waals surface area (Å²) in [5.74, 6) is 0.567. The van der Waals surface area contributed by atoms with E-state index in [1.807, 2.05) is 12.1 Å². The Hall–Kier alpha value is -4.27. The van der Waals surface area contributed by atoms with Crippen molar-refractivity contribution < 1.29 is 19.0 Å². The van der Waals surface area contributed by atoms with Gasteiger partial charge >= 0.3 is 5.69 Å². The van der Waals surface area contributed by atoms with Crippen LogP contribution in [0.3, 0.4) is 0 Å². The van der Waals surface area contributed by atoms with Crippen molar-refractivity contribution in [2.75, 3.05) is 26.6 Å². The molecule has 2 aromatic carbocycles. The second-order valence-electron chi connectivity index (χ2n) is 8.15. The zero-order valence-electron chi connectivity index (χ0n) is 19.4. The molecule has 0 spiro atoms. The van der Waals surface area contributed by atoms with Crippen LogP contribution in [0.2, 0.25) is 0 Å². The number of anilines is 1. The van der Waals surface area contributed by atoms with Crippen LogP contribution in [-0.2, 0) is 14.1 Å². The van der Waals surface area contributed by atoms with E-state index in [1.54, 1.807) is 31.3 Å². The molecule has 1 aromatic heterocycles. The molecule has 0 fully saturated rings. The van der Waals surface area contributed by atoms with Crippen LogP contribution >= 0.6 is 0 Å². The van der Waals surface area contributed by atoms with Gasteiger partial charge in [-0.25, -0.2) is 4.79 Å². The fraction of sp³-hybridized carbons (Fsp3) is 0.240. The van der Waals surface area contributed by atoms with Gasteiger partial charge in [0.15, 0.2) is 17.3 Å². The maximum absolute atomic E-state index is 13.6. The molecule has 0 bridgehead atoms. The molecule has 0 saturated carbocycles. The summed E-state index contributed by atoms with van der Waals surface area (Å²) >= 11 is 0. The standard InChI is InChI=1S/C25H23N3O6/c1-27-23-19(24(30)28(2)25(27)31)17(12-10-15(32-3)22(34-5)16(11-12)33-4)18-20(26-23)13-8-6-7-9-14(13)21(18)29/h6-11,17,26H,1-5H3/t17-/m1/s1. The monoisotopic (exact) mass is 461 g/mol. The average molecular weight is 461 g/mol. The van der Waals surface area contributed by atoms with Gasteiger partial charge in [-0.3, -0.25) is 18.7 Å². The number of nitrogens with one attached hydrogen (secondary N) is 1. The van der Waals surface area contributed by atoms with Crippen LogP contribution < -0.4 is 30.8 Å². The van der Waals surface area contributed by atoms with Crippen molar-refractivity contribution in [1.29, 1.82) is 0 Å². The minimum absolute atomic E-state index is 0.182. The fourth-order valence-corrected chi connectivity index (χ4v) is 4.86. The number of rotatable bonds is 4. The number of ether oxygens (including phenoxy) is 3. The van der Waals surface area contributed by atoms with Crippen molar-refractivity contribution >= 4 is 17.3 Å². The molecule has 2 aliphatic rings. The van der Waals surface area contributed by atoms with Crippen LogP contribution in [0.4, 0.5) is 5.82 Å². The molecule has 0 unspecified atom stereocenters. The summed E-state index contributed by atoms with van der Waals surface area (Å²) in [5, 5.41) is 3.22. The lowest BCUT2D eigenvalue weighted by Gasteiger charge is -2.30. The van der Waals surface area contributed by atoms with Crippen LogP contribution in [0.15, 0.2) is 51.6 Å². The van der Waals surface area contributed by atoms with Crippen molar-refractivity contribution in [2.24, 2.45) is 14.1 Å². The predicted octanol–water partition coefficient (Wildman–Crippen LogP) is 2.27. The highest BCUT2D eigenvalue weighted by Gasteiger charge is 2.43. The van der Waals surface area contributed by atoms with E-state index in [2.05, 4.69) is 5.32 Å². The molecule has 174 valence electrons. The molecule has 9 heteroatoms. The number of aromatic nitrogens is 2. The number of ketones is 1. The molecule has 34 heavy (non-hydrogen) atoms. The van der Waals surface area contributed by atoms with Gasteiger partial charge in [0.05, 0.1) is 32.6 Å². The van der Waals surface area contributed by atoms with E-state index in [-0.39, 0.29) is 5.78 Å². The Morgan fingerprint density at radius 1 is 0.853 bits per heavy atom. The van der Waals surface area contributed by atoms with Crippen LogP contribution in [0, 0.1) is 0 Å². The van der Waals surface area contributed by atoms with Crippen LogP contribution in [0.5, 0.6) is 17.2 Å². The fourth-order valence-electron chi connectivity index (χ4n) is 4.86. The number of fused-ring (bicyclic) bond motifs is 3. The van der Waals surface area contributed by atoms with Gasteiger partial charge in [0.25, 0.3) is 5.56 Å². The minimum Gasteiger partial charge on any atom is -0.493 e. The van der Waals surface area contributed by atoms with E-state index in [9.17, 15) is 14.4 Å². The quantitative estimate of drug-likeness (QED) is 0.636. The number of benzene rings is 2. The summed E-state index contributed by atoms with van der Waals surface area (Å²) in [6.07, 6.45) is 0. The summed E-state index contributed by atoms with van der Waals surface area (Å²) in [6.45, 7) is 0. The van der Waals surface area contributed by atoms with Crippen molar-refractivity contribution in [1.82, 2.24) is 9.13 Å². The Morgan fingerprint density at radius 3 is 2.06 bits per heavy atom. The second kappa shape index (κ2) is 7.65. The van der Waals surface area contributed by atoms with Gasteiger partial charge in [-0.1, -0.05) is 24.3 Å². The number of methoxy groups -OCH3 is 3. The van der Waals surface area contributed by atoms with E-state index in [4.69, 9.17) is 14.2 Å². The van der Waals surface area contributed by atoms with Gasteiger partial charge in [0.2, 0.25) is 5.75 Å². The Morgan fingerprint density at radius 2 is 1.47 bits per heavy atom. The highest BCUT2D eigenvalue weighted by Crippen LogP contribution is 2.50. The van der Waals surface area contributed by atoms with Crippen molar-refractivity contribution in [3.8, 4) is 17.2 Å². The molecule has 1 atom stereocenters. The first-order valence-electron chi connectivity index (χ1n) is 10.6. The van der Waals surface area contributed by atoms with Crippen LogP contribution in [-0.4, -0.2) is 36.2 Å². The van der Waals surface area contributed by atoms with E-state index >= 15 is 0 Å². The van der Waals surface area contributed by atoms with Gasteiger partial charge < -0.3 is 19.5 Å². The third-order valence-corrected chi connectivity index (χ3v) is 6.50. The second-order valence-corrected chi connectivity index (χ2v) is 8.15. The average Bonchev–Trinajstić information content (AvgIpc) is 3.15. The maximum Gasteiger partial charge on any atom is 0.332 e. The van der Waals surface area contributed by atoms with Crippen LogP contribution in [0.25, 0.3) is 5.70 Å². The number of carbonyl (C=O) groups is 1.